The van der Waals surface area contributed by atoms with Gasteiger partial charge in [0.15, 0.2) is 0 Å². The second kappa shape index (κ2) is 10.6. The first kappa shape index (κ1) is 19.9. The standard InChI is InChI=1S/C13H24N4O3.ClH/c1-14-12(11-9-15-16(2)10-11)13(18)17(5-7-19-3)6-8-20-4;/h9-10,12,14H,5-8H2,1-4H3;1H. The van der Waals surface area contributed by atoms with Crippen LogP contribution in [-0.2, 0) is 21.3 Å². The minimum atomic E-state index is -0.405. The van der Waals surface area contributed by atoms with Crippen molar-refractivity contribution in [2.45, 2.75) is 6.04 Å². The van der Waals surface area contributed by atoms with E-state index in [1.165, 1.54) is 0 Å². The second-order valence-corrected chi connectivity index (χ2v) is 4.48. The van der Waals surface area contributed by atoms with Crippen molar-refractivity contribution in [3.05, 3.63) is 18.0 Å². The monoisotopic (exact) mass is 320 g/mol. The van der Waals surface area contributed by atoms with Gasteiger partial charge in [-0.25, -0.2) is 0 Å². The fraction of sp³-hybridized carbons (Fsp3) is 0.692. The molecule has 8 heteroatoms. The van der Waals surface area contributed by atoms with Crippen LogP contribution in [0.1, 0.15) is 11.6 Å². The summed E-state index contributed by atoms with van der Waals surface area (Å²) in [5.41, 5.74) is 0.847. The number of carbonyl (C=O) groups is 1. The van der Waals surface area contributed by atoms with Crippen LogP contribution in [0.5, 0.6) is 0 Å². The van der Waals surface area contributed by atoms with E-state index in [9.17, 15) is 4.79 Å². The molecule has 1 rings (SSSR count). The van der Waals surface area contributed by atoms with Crippen LogP contribution < -0.4 is 5.32 Å². The summed E-state index contributed by atoms with van der Waals surface area (Å²) >= 11 is 0. The molecule has 1 amide bonds. The highest BCUT2D eigenvalue weighted by atomic mass is 35.5. The van der Waals surface area contributed by atoms with Crippen molar-refractivity contribution in [3.8, 4) is 0 Å². The molecule has 7 nitrogen and oxygen atoms in total. The molecule has 0 saturated heterocycles. The molecule has 0 bridgehead atoms. The van der Waals surface area contributed by atoms with Gasteiger partial charge in [-0.05, 0) is 7.05 Å². The lowest BCUT2D eigenvalue weighted by molar-refractivity contribution is -0.134. The van der Waals surface area contributed by atoms with Crippen LogP contribution >= 0.6 is 12.4 Å². The molecule has 1 aromatic heterocycles. The summed E-state index contributed by atoms with van der Waals surface area (Å²) in [6.07, 6.45) is 3.54. The van der Waals surface area contributed by atoms with E-state index in [0.29, 0.717) is 26.3 Å². The average Bonchev–Trinajstić information content (AvgIpc) is 2.86. The maximum atomic E-state index is 12.6. The second-order valence-electron chi connectivity index (χ2n) is 4.48. The molecule has 1 heterocycles. The Balaban J connectivity index is 0.00000400. The Labute approximate surface area is 132 Å². The number of likely N-dealkylation sites (N-methyl/N-ethyl adjacent to an activating group) is 1. The fourth-order valence-electron chi connectivity index (χ4n) is 1.94. The predicted molar refractivity (Wildman–Crippen MR) is 82.6 cm³/mol. The number of hydrogen-bond acceptors (Lipinski definition) is 5. The summed E-state index contributed by atoms with van der Waals surface area (Å²) < 4.78 is 11.8. The normalized spacial score (nSPS) is 11.8. The highest BCUT2D eigenvalue weighted by molar-refractivity contribution is 5.85. The SMILES string of the molecule is CNC(C(=O)N(CCOC)CCOC)c1cnn(C)c1.Cl. The number of aryl methyl sites for hydroxylation is 1. The maximum Gasteiger partial charge on any atom is 0.244 e. The molecule has 21 heavy (non-hydrogen) atoms. The number of nitrogens with zero attached hydrogens (tertiary/aromatic N) is 3. The molecule has 0 aliphatic rings. The summed E-state index contributed by atoms with van der Waals surface area (Å²) in [6.45, 7) is 2.08. The molecule has 0 aromatic carbocycles. The molecular formula is C13H25ClN4O3. The first-order chi connectivity index (χ1) is 9.63. The lowest BCUT2D eigenvalue weighted by Crippen LogP contribution is -2.43. The molecule has 1 aromatic rings. The highest BCUT2D eigenvalue weighted by Gasteiger charge is 2.25. The third kappa shape index (κ3) is 6.01. The number of methoxy groups -OCH3 is 2. The van der Waals surface area contributed by atoms with Gasteiger partial charge in [-0.15, -0.1) is 12.4 Å². The zero-order valence-electron chi connectivity index (χ0n) is 13.0. The van der Waals surface area contributed by atoms with Crippen molar-refractivity contribution in [1.82, 2.24) is 20.0 Å². The van der Waals surface area contributed by atoms with Crippen LogP contribution in [0.4, 0.5) is 0 Å². The van der Waals surface area contributed by atoms with Crippen molar-refractivity contribution in [2.24, 2.45) is 7.05 Å². The summed E-state index contributed by atoms with van der Waals surface area (Å²) in [5.74, 6) is -0.00500. The number of ether oxygens (including phenoxy) is 2. The quantitative estimate of drug-likeness (QED) is 0.705. The van der Waals surface area contributed by atoms with Gasteiger partial charge in [-0.1, -0.05) is 0 Å². The molecule has 0 spiro atoms. The van der Waals surface area contributed by atoms with Crippen LogP contribution in [0.25, 0.3) is 0 Å². The minimum Gasteiger partial charge on any atom is -0.383 e. The van der Waals surface area contributed by atoms with Gasteiger partial charge in [0.1, 0.15) is 6.04 Å². The van der Waals surface area contributed by atoms with E-state index in [2.05, 4.69) is 10.4 Å². The Morgan fingerprint density at radius 1 is 1.38 bits per heavy atom. The molecule has 0 saturated carbocycles. The third-order valence-electron chi connectivity index (χ3n) is 3.04. The molecule has 1 atom stereocenters. The van der Waals surface area contributed by atoms with Crippen LogP contribution in [0.3, 0.4) is 0 Å². The number of amides is 1. The van der Waals surface area contributed by atoms with Crippen LogP contribution in [-0.4, -0.2) is 68.2 Å². The van der Waals surface area contributed by atoms with Gasteiger partial charge in [0.2, 0.25) is 5.91 Å². The Hall–Kier alpha value is -1.15. The molecular weight excluding hydrogens is 296 g/mol. The first-order valence-corrected chi connectivity index (χ1v) is 6.56. The summed E-state index contributed by atoms with van der Waals surface area (Å²) in [4.78, 5) is 14.3. The van der Waals surface area contributed by atoms with E-state index in [1.54, 1.807) is 37.0 Å². The summed E-state index contributed by atoms with van der Waals surface area (Å²) in [6, 6.07) is -0.405. The summed E-state index contributed by atoms with van der Waals surface area (Å²) in [5, 5.41) is 7.15. The van der Waals surface area contributed by atoms with Gasteiger partial charge < -0.3 is 19.7 Å². The van der Waals surface area contributed by atoms with E-state index in [1.807, 2.05) is 13.2 Å². The van der Waals surface area contributed by atoms with Crippen molar-refractivity contribution in [3.63, 3.8) is 0 Å². The van der Waals surface area contributed by atoms with Gasteiger partial charge in [-0.3, -0.25) is 9.48 Å². The Kier molecular flexibility index (Phi) is 9.98. The van der Waals surface area contributed by atoms with E-state index in [4.69, 9.17) is 9.47 Å². The zero-order valence-corrected chi connectivity index (χ0v) is 13.9. The minimum absolute atomic E-state index is 0. The molecule has 0 aliphatic heterocycles. The van der Waals surface area contributed by atoms with Crippen molar-refractivity contribution in [2.75, 3.05) is 47.6 Å². The molecule has 0 fully saturated rings. The van der Waals surface area contributed by atoms with Gasteiger partial charge >= 0.3 is 0 Å². The van der Waals surface area contributed by atoms with Crippen molar-refractivity contribution < 1.29 is 14.3 Å². The molecule has 0 radical (unpaired) electrons. The molecule has 1 N–H and O–H groups in total. The summed E-state index contributed by atoms with van der Waals surface area (Å²) in [7, 11) is 6.83. The van der Waals surface area contributed by atoms with E-state index >= 15 is 0 Å². The van der Waals surface area contributed by atoms with Gasteiger partial charge in [-0.2, -0.15) is 5.10 Å². The molecule has 0 aliphatic carbocycles. The third-order valence-corrected chi connectivity index (χ3v) is 3.04. The van der Waals surface area contributed by atoms with Crippen molar-refractivity contribution in [1.29, 1.82) is 0 Å². The number of rotatable bonds is 9. The van der Waals surface area contributed by atoms with E-state index in [-0.39, 0.29) is 18.3 Å². The number of hydrogen-bond donors (Lipinski definition) is 1. The van der Waals surface area contributed by atoms with Crippen LogP contribution in [0.15, 0.2) is 12.4 Å². The zero-order chi connectivity index (χ0) is 15.0. The fourth-order valence-corrected chi connectivity index (χ4v) is 1.94. The van der Waals surface area contributed by atoms with Crippen molar-refractivity contribution >= 4 is 18.3 Å². The van der Waals surface area contributed by atoms with Gasteiger partial charge in [0.25, 0.3) is 0 Å². The number of nitrogens with one attached hydrogen (secondary N) is 1. The van der Waals surface area contributed by atoms with E-state index in [0.717, 1.165) is 5.56 Å². The lowest BCUT2D eigenvalue weighted by Gasteiger charge is -2.26. The van der Waals surface area contributed by atoms with Gasteiger partial charge in [0, 0.05) is 46.1 Å². The predicted octanol–water partition coefficient (Wildman–Crippen LogP) is 0.224. The molecule has 1 unspecified atom stereocenters. The highest BCUT2D eigenvalue weighted by Crippen LogP contribution is 2.14. The Bertz CT molecular complexity index is 406. The average molecular weight is 321 g/mol. The van der Waals surface area contributed by atoms with Gasteiger partial charge in [0.05, 0.1) is 19.4 Å². The molecule has 122 valence electrons. The smallest absolute Gasteiger partial charge is 0.244 e. The lowest BCUT2D eigenvalue weighted by atomic mass is 10.1. The topological polar surface area (TPSA) is 68.6 Å². The first-order valence-electron chi connectivity index (χ1n) is 6.56. The maximum absolute atomic E-state index is 12.6. The van der Waals surface area contributed by atoms with Crippen LogP contribution in [0, 0.1) is 0 Å². The number of aromatic nitrogens is 2. The largest absolute Gasteiger partial charge is 0.383 e. The number of halogens is 1. The Morgan fingerprint density at radius 3 is 2.33 bits per heavy atom. The van der Waals surface area contributed by atoms with Crippen LogP contribution in [0.2, 0.25) is 0 Å². The van der Waals surface area contributed by atoms with E-state index < -0.39 is 6.04 Å². The Morgan fingerprint density at radius 2 is 1.95 bits per heavy atom. The number of carbonyl (C=O) groups excluding carboxylic acids is 1.